The Balaban J connectivity index is 2.30. The molecule has 2 heterocycles. The third-order valence-corrected chi connectivity index (χ3v) is 4.09. The molecule has 1 unspecified atom stereocenters. The molecule has 0 aliphatic carbocycles. The summed E-state index contributed by atoms with van der Waals surface area (Å²) in [7, 11) is 1.94. The maximum Gasteiger partial charge on any atom is 0.115 e. The Morgan fingerprint density at radius 1 is 1.44 bits per heavy atom. The Hall–Kier alpha value is -1.20. The predicted molar refractivity (Wildman–Crippen MR) is 74.9 cm³/mol. The van der Waals surface area contributed by atoms with Crippen molar-refractivity contribution in [2.45, 2.75) is 33.2 Å². The van der Waals surface area contributed by atoms with Crippen molar-refractivity contribution in [2.75, 3.05) is 6.54 Å². The molecule has 1 atom stereocenters. The molecule has 2 aromatic heterocycles. The summed E-state index contributed by atoms with van der Waals surface area (Å²) in [6.45, 7) is 7.34. The number of hydrogen-bond acceptors (Lipinski definition) is 4. The van der Waals surface area contributed by atoms with E-state index in [-0.39, 0.29) is 6.04 Å². The van der Waals surface area contributed by atoms with E-state index < -0.39 is 0 Å². The number of thiazole rings is 1. The summed E-state index contributed by atoms with van der Waals surface area (Å²) < 4.78 is 1.84. The molecule has 4 nitrogen and oxygen atoms in total. The molecule has 0 fully saturated rings. The van der Waals surface area contributed by atoms with Crippen molar-refractivity contribution in [1.29, 1.82) is 0 Å². The number of nitrogens with one attached hydrogen (secondary N) is 1. The van der Waals surface area contributed by atoms with Gasteiger partial charge in [-0.2, -0.15) is 5.10 Å². The van der Waals surface area contributed by atoms with Crippen LogP contribution in [0.5, 0.6) is 0 Å². The van der Waals surface area contributed by atoms with Crippen LogP contribution >= 0.6 is 11.3 Å². The fourth-order valence-corrected chi connectivity index (χ4v) is 2.87. The van der Waals surface area contributed by atoms with Gasteiger partial charge >= 0.3 is 0 Å². The molecule has 5 heteroatoms. The Morgan fingerprint density at radius 2 is 2.22 bits per heavy atom. The molecule has 18 heavy (non-hydrogen) atoms. The SMILES string of the molecule is CCCNC(c1cnn(C)c1)c1nc(C)c(C)s1. The van der Waals surface area contributed by atoms with Crippen LogP contribution in [0.25, 0.3) is 0 Å². The van der Waals surface area contributed by atoms with Gasteiger partial charge in [0.15, 0.2) is 0 Å². The number of aromatic nitrogens is 3. The smallest absolute Gasteiger partial charge is 0.115 e. The van der Waals surface area contributed by atoms with E-state index in [9.17, 15) is 0 Å². The van der Waals surface area contributed by atoms with E-state index in [2.05, 4.69) is 42.4 Å². The van der Waals surface area contributed by atoms with Crippen LogP contribution in [-0.4, -0.2) is 21.3 Å². The molecule has 0 aliphatic heterocycles. The van der Waals surface area contributed by atoms with Crippen molar-refractivity contribution in [2.24, 2.45) is 7.05 Å². The average Bonchev–Trinajstić information content (AvgIpc) is 2.88. The summed E-state index contributed by atoms with van der Waals surface area (Å²) >= 11 is 1.77. The predicted octanol–water partition coefficient (Wildman–Crippen LogP) is 2.58. The first-order valence-corrected chi connectivity index (χ1v) is 7.09. The Morgan fingerprint density at radius 3 is 2.72 bits per heavy atom. The van der Waals surface area contributed by atoms with E-state index >= 15 is 0 Å². The lowest BCUT2D eigenvalue weighted by atomic mass is 10.1. The maximum absolute atomic E-state index is 4.67. The van der Waals surface area contributed by atoms with Crippen molar-refractivity contribution in [3.05, 3.63) is 33.5 Å². The molecule has 1 N–H and O–H groups in total. The molecule has 2 rings (SSSR count). The van der Waals surface area contributed by atoms with Gasteiger partial charge in [-0.15, -0.1) is 11.3 Å². The molecule has 98 valence electrons. The van der Waals surface area contributed by atoms with Crippen molar-refractivity contribution >= 4 is 11.3 Å². The third kappa shape index (κ3) is 2.79. The summed E-state index contributed by atoms with van der Waals surface area (Å²) in [6, 6.07) is 0.163. The highest BCUT2D eigenvalue weighted by atomic mass is 32.1. The van der Waals surface area contributed by atoms with Gasteiger partial charge in [0.05, 0.1) is 17.9 Å². The van der Waals surface area contributed by atoms with Crippen LogP contribution < -0.4 is 5.32 Å². The van der Waals surface area contributed by atoms with E-state index in [1.165, 1.54) is 10.4 Å². The van der Waals surface area contributed by atoms with Crippen LogP contribution in [0.2, 0.25) is 0 Å². The topological polar surface area (TPSA) is 42.7 Å². The zero-order valence-electron chi connectivity index (χ0n) is 11.4. The number of rotatable bonds is 5. The highest BCUT2D eigenvalue weighted by Crippen LogP contribution is 2.27. The van der Waals surface area contributed by atoms with Gasteiger partial charge in [-0.1, -0.05) is 6.92 Å². The highest BCUT2D eigenvalue weighted by molar-refractivity contribution is 7.11. The lowest BCUT2D eigenvalue weighted by Crippen LogP contribution is -2.22. The van der Waals surface area contributed by atoms with Crippen molar-refractivity contribution in [3.63, 3.8) is 0 Å². The minimum absolute atomic E-state index is 0.163. The van der Waals surface area contributed by atoms with Crippen LogP contribution in [0.1, 0.15) is 40.5 Å². The minimum Gasteiger partial charge on any atom is -0.304 e. The van der Waals surface area contributed by atoms with Gasteiger partial charge in [0.25, 0.3) is 0 Å². The van der Waals surface area contributed by atoms with E-state index in [4.69, 9.17) is 0 Å². The van der Waals surface area contributed by atoms with Gasteiger partial charge in [-0.05, 0) is 26.8 Å². The van der Waals surface area contributed by atoms with E-state index in [0.717, 1.165) is 23.7 Å². The molecule has 2 aromatic rings. The fourth-order valence-electron chi connectivity index (χ4n) is 1.85. The van der Waals surface area contributed by atoms with Crippen LogP contribution in [0.3, 0.4) is 0 Å². The average molecular weight is 264 g/mol. The molecule has 0 aromatic carbocycles. The van der Waals surface area contributed by atoms with Gasteiger partial charge in [-0.25, -0.2) is 4.98 Å². The molecular weight excluding hydrogens is 244 g/mol. The van der Waals surface area contributed by atoms with Gasteiger partial charge in [-0.3, -0.25) is 4.68 Å². The van der Waals surface area contributed by atoms with Gasteiger partial charge in [0, 0.05) is 23.7 Å². The lowest BCUT2D eigenvalue weighted by molar-refractivity contribution is 0.594. The van der Waals surface area contributed by atoms with E-state index in [1.807, 2.05) is 17.9 Å². The van der Waals surface area contributed by atoms with Gasteiger partial charge in [0.1, 0.15) is 5.01 Å². The standard InChI is InChI=1S/C13H20N4S/c1-5-6-14-12(11-7-15-17(4)8-11)13-16-9(2)10(3)18-13/h7-8,12,14H,5-6H2,1-4H3. The molecule has 0 amide bonds. The van der Waals surface area contributed by atoms with E-state index in [0.29, 0.717) is 0 Å². The molecule has 0 bridgehead atoms. The quantitative estimate of drug-likeness (QED) is 0.902. The second kappa shape index (κ2) is 5.63. The van der Waals surface area contributed by atoms with Crippen molar-refractivity contribution in [3.8, 4) is 0 Å². The molecule has 0 spiro atoms. The second-order valence-electron chi connectivity index (χ2n) is 4.53. The summed E-state index contributed by atoms with van der Waals surface area (Å²) in [5.74, 6) is 0. The summed E-state index contributed by atoms with van der Waals surface area (Å²) in [4.78, 5) is 5.96. The molecule has 0 saturated heterocycles. The van der Waals surface area contributed by atoms with Crippen molar-refractivity contribution < 1.29 is 0 Å². The summed E-state index contributed by atoms with van der Waals surface area (Å²) in [6.07, 6.45) is 5.08. The number of aryl methyl sites for hydroxylation is 3. The first-order valence-electron chi connectivity index (χ1n) is 6.27. The minimum atomic E-state index is 0.163. The largest absolute Gasteiger partial charge is 0.304 e. The molecular formula is C13H20N4S. The maximum atomic E-state index is 4.67. The fraction of sp³-hybridized carbons (Fsp3) is 0.538. The summed E-state index contributed by atoms with van der Waals surface area (Å²) in [5, 5.41) is 8.94. The summed E-state index contributed by atoms with van der Waals surface area (Å²) in [5.41, 5.74) is 2.31. The van der Waals surface area contributed by atoms with Crippen LogP contribution in [0.4, 0.5) is 0 Å². The van der Waals surface area contributed by atoms with Crippen LogP contribution in [-0.2, 0) is 7.05 Å². The van der Waals surface area contributed by atoms with Crippen LogP contribution in [0, 0.1) is 13.8 Å². The second-order valence-corrected chi connectivity index (χ2v) is 5.76. The Bertz CT molecular complexity index is 495. The third-order valence-electron chi connectivity index (χ3n) is 2.95. The first kappa shape index (κ1) is 13.2. The molecule has 0 radical (unpaired) electrons. The number of nitrogens with zero attached hydrogens (tertiary/aromatic N) is 3. The highest BCUT2D eigenvalue weighted by Gasteiger charge is 2.19. The van der Waals surface area contributed by atoms with Crippen LogP contribution in [0.15, 0.2) is 12.4 Å². The van der Waals surface area contributed by atoms with Gasteiger partial charge < -0.3 is 5.32 Å². The monoisotopic (exact) mass is 264 g/mol. The normalized spacial score (nSPS) is 12.9. The molecule has 0 aliphatic rings. The van der Waals surface area contributed by atoms with Crippen molar-refractivity contribution in [1.82, 2.24) is 20.1 Å². The molecule has 0 saturated carbocycles. The number of hydrogen-bond donors (Lipinski definition) is 1. The zero-order chi connectivity index (χ0) is 13.1. The Kier molecular flexibility index (Phi) is 4.14. The van der Waals surface area contributed by atoms with Gasteiger partial charge in [0.2, 0.25) is 0 Å². The van der Waals surface area contributed by atoms with E-state index in [1.54, 1.807) is 11.3 Å². The zero-order valence-corrected chi connectivity index (χ0v) is 12.2. The lowest BCUT2D eigenvalue weighted by Gasteiger charge is -2.14. The Labute approximate surface area is 112 Å². The first-order chi connectivity index (χ1) is 8.61.